The van der Waals surface area contributed by atoms with Gasteiger partial charge in [0.2, 0.25) is 6.41 Å². The van der Waals surface area contributed by atoms with Gasteiger partial charge in [-0.15, -0.1) is 0 Å². The van der Waals surface area contributed by atoms with Crippen LogP contribution in [0.3, 0.4) is 0 Å². The molecule has 0 aliphatic heterocycles. The van der Waals surface area contributed by atoms with E-state index in [1.807, 2.05) is 0 Å². The summed E-state index contributed by atoms with van der Waals surface area (Å²) < 4.78 is 0. The molecular weight excluding hydrogens is 186 g/mol. The van der Waals surface area contributed by atoms with Crippen LogP contribution in [0.25, 0.3) is 0 Å². The van der Waals surface area contributed by atoms with Gasteiger partial charge in [0.25, 0.3) is 0 Å². The minimum atomic E-state index is -1.09. The van der Waals surface area contributed by atoms with Gasteiger partial charge in [0.05, 0.1) is 5.69 Å². The third-order valence-electron chi connectivity index (χ3n) is 1.60. The first-order valence-corrected chi connectivity index (χ1v) is 3.91. The number of hydrogen-bond donors (Lipinski definition) is 2. The van der Waals surface area contributed by atoms with Crippen LogP contribution in [0.2, 0.25) is 0 Å². The Kier molecular flexibility index (Phi) is 3.54. The van der Waals surface area contributed by atoms with Gasteiger partial charge in [-0.05, 0) is 0 Å². The van der Waals surface area contributed by atoms with Gasteiger partial charge in [-0.2, -0.15) is 0 Å². The number of nitrogens with one attached hydrogen (secondary N) is 1. The number of hydrogen-bond acceptors (Lipinski definition) is 4. The molecule has 1 atom stereocenters. The first kappa shape index (κ1) is 10.1. The fourth-order valence-corrected chi connectivity index (χ4v) is 0.944. The molecule has 1 unspecified atom stereocenters. The summed E-state index contributed by atoms with van der Waals surface area (Å²) in [6.07, 6.45) is 4.90. The second-order valence-electron chi connectivity index (χ2n) is 2.58. The van der Waals surface area contributed by atoms with Crippen LogP contribution < -0.4 is 5.32 Å². The molecule has 0 saturated carbocycles. The van der Waals surface area contributed by atoms with Crippen molar-refractivity contribution < 1.29 is 14.7 Å². The normalized spacial score (nSPS) is 11.7. The molecule has 0 aromatic carbocycles. The Hall–Kier alpha value is -1.98. The summed E-state index contributed by atoms with van der Waals surface area (Å²) in [7, 11) is 0. The second kappa shape index (κ2) is 4.90. The van der Waals surface area contributed by atoms with Crippen LogP contribution in [0.5, 0.6) is 0 Å². The molecule has 6 heteroatoms. The highest BCUT2D eigenvalue weighted by molar-refractivity contribution is 5.76. The summed E-state index contributed by atoms with van der Waals surface area (Å²) in [5.41, 5.74) is 0.522. The molecule has 0 radical (unpaired) electrons. The maximum Gasteiger partial charge on any atom is 0.326 e. The van der Waals surface area contributed by atoms with Gasteiger partial charge < -0.3 is 10.4 Å². The van der Waals surface area contributed by atoms with Gasteiger partial charge in [-0.1, -0.05) is 0 Å². The van der Waals surface area contributed by atoms with Crippen molar-refractivity contribution >= 4 is 12.4 Å². The zero-order valence-corrected chi connectivity index (χ0v) is 7.25. The van der Waals surface area contributed by atoms with E-state index in [2.05, 4.69) is 15.3 Å². The number of aromatic nitrogens is 2. The van der Waals surface area contributed by atoms with Crippen molar-refractivity contribution in [1.82, 2.24) is 15.3 Å². The molecule has 0 bridgehead atoms. The van der Waals surface area contributed by atoms with Crippen LogP contribution >= 0.6 is 0 Å². The highest BCUT2D eigenvalue weighted by Gasteiger charge is 2.17. The number of carbonyl (C=O) groups is 2. The van der Waals surface area contributed by atoms with Crippen molar-refractivity contribution in [2.24, 2.45) is 0 Å². The van der Waals surface area contributed by atoms with Gasteiger partial charge in [0.1, 0.15) is 6.04 Å². The van der Waals surface area contributed by atoms with Crippen molar-refractivity contribution in [2.75, 3.05) is 0 Å². The average Bonchev–Trinajstić information content (AvgIpc) is 2.18. The third-order valence-corrected chi connectivity index (χ3v) is 1.60. The Morgan fingerprint density at radius 1 is 1.64 bits per heavy atom. The van der Waals surface area contributed by atoms with Crippen molar-refractivity contribution in [3.05, 3.63) is 24.3 Å². The first-order valence-electron chi connectivity index (χ1n) is 3.91. The minimum absolute atomic E-state index is 0.127. The van der Waals surface area contributed by atoms with Gasteiger partial charge >= 0.3 is 5.97 Å². The van der Waals surface area contributed by atoms with E-state index >= 15 is 0 Å². The lowest BCUT2D eigenvalue weighted by Gasteiger charge is -2.09. The zero-order chi connectivity index (χ0) is 10.4. The molecule has 1 aromatic heterocycles. The molecule has 0 aliphatic carbocycles. The predicted octanol–water partition coefficient (Wildman–Crippen LogP) is -0.782. The van der Waals surface area contributed by atoms with E-state index in [4.69, 9.17) is 5.11 Å². The van der Waals surface area contributed by atoms with Crippen LogP contribution in [0, 0.1) is 0 Å². The Bertz CT molecular complexity index is 315. The Balaban J connectivity index is 2.64. The molecule has 1 heterocycles. The van der Waals surface area contributed by atoms with Crippen LogP contribution in [-0.4, -0.2) is 33.5 Å². The summed E-state index contributed by atoms with van der Waals surface area (Å²) in [6.45, 7) is 0. The van der Waals surface area contributed by atoms with E-state index in [0.29, 0.717) is 12.1 Å². The van der Waals surface area contributed by atoms with Crippen LogP contribution in [0.15, 0.2) is 18.6 Å². The van der Waals surface area contributed by atoms with Gasteiger partial charge in [0.15, 0.2) is 0 Å². The molecular formula is C8H9N3O3. The molecule has 1 rings (SSSR count). The van der Waals surface area contributed by atoms with Crippen molar-refractivity contribution in [3.8, 4) is 0 Å². The van der Waals surface area contributed by atoms with Crippen LogP contribution in [-0.2, 0) is 16.0 Å². The SMILES string of the molecule is O=CNC(Cc1cnccn1)C(=O)O. The zero-order valence-electron chi connectivity index (χ0n) is 7.25. The number of rotatable bonds is 5. The first-order chi connectivity index (χ1) is 6.74. The number of amides is 1. The number of carbonyl (C=O) groups excluding carboxylic acids is 1. The summed E-state index contributed by atoms with van der Waals surface area (Å²) in [4.78, 5) is 28.4. The lowest BCUT2D eigenvalue weighted by molar-refractivity contribution is -0.140. The molecule has 0 fully saturated rings. The fraction of sp³-hybridized carbons (Fsp3) is 0.250. The highest BCUT2D eigenvalue weighted by atomic mass is 16.4. The molecule has 0 saturated heterocycles. The van der Waals surface area contributed by atoms with E-state index in [1.165, 1.54) is 18.6 Å². The fourth-order valence-electron chi connectivity index (χ4n) is 0.944. The van der Waals surface area contributed by atoms with Crippen molar-refractivity contribution in [2.45, 2.75) is 12.5 Å². The Labute approximate surface area is 80.0 Å². The van der Waals surface area contributed by atoms with E-state index in [-0.39, 0.29) is 6.42 Å². The molecule has 2 N–H and O–H groups in total. The maximum absolute atomic E-state index is 10.6. The largest absolute Gasteiger partial charge is 0.480 e. The predicted molar refractivity (Wildman–Crippen MR) is 46.4 cm³/mol. The molecule has 74 valence electrons. The van der Waals surface area contributed by atoms with E-state index < -0.39 is 12.0 Å². The van der Waals surface area contributed by atoms with Crippen molar-refractivity contribution in [3.63, 3.8) is 0 Å². The van der Waals surface area contributed by atoms with Crippen LogP contribution in [0.1, 0.15) is 5.69 Å². The summed E-state index contributed by atoms with van der Waals surface area (Å²) in [5, 5.41) is 10.9. The topological polar surface area (TPSA) is 92.2 Å². The third kappa shape index (κ3) is 2.81. The standard InChI is InChI=1S/C8H9N3O3/c12-5-11-7(8(13)14)3-6-4-9-1-2-10-6/h1-2,4-5,7H,3H2,(H,11,12)(H,13,14). The smallest absolute Gasteiger partial charge is 0.326 e. The number of nitrogens with zero attached hydrogens (tertiary/aromatic N) is 2. The second-order valence-corrected chi connectivity index (χ2v) is 2.58. The van der Waals surface area contributed by atoms with E-state index in [0.717, 1.165) is 0 Å². The lowest BCUT2D eigenvalue weighted by atomic mass is 10.1. The van der Waals surface area contributed by atoms with E-state index in [9.17, 15) is 9.59 Å². The van der Waals surface area contributed by atoms with Crippen molar-refractivity contribution in [1.29, 1.82) is 0 Å². The molecule has 0 aliphatic rings. The summed E-state index contributed by atoms with van der Waals surface area (Å²) in [6, 6.07) is -0.954. The average molecular weight is 195 g/mol. The molecule has 6 nitrogen and oxygen atoms in total. The van der Waals surface area contributed by atoms with Crippen LogP contribution in [0.4, 0.5) is 0 Å². The Morgan fingerprint density at radius 2 is 2.43 bits per heavy atom. The summed E-state index contributed by atoms with van der Waals surface area (Å²) >= 11 is 0. The number of aliphatic carboxylic acids is 1. The van der Waals surface area contributed by atoms with Gasteiger partial charge in [-0.25, -0.2) is 4.79 Å². The molecule has 14 heavy (non-hydrogen) atoms. The molecule has 0 spiro atoms. The quantitative estimate of drug-likeness (QED) is 0.601. The van der Waals surface area contributed by atoms with Gasteiger partial charge in [0, 0.05) is 25.0 Å². The lowest BCUT2D eigenvalue weighted by Crippen LogP contribution is -2.37. The summed E-state index contributed by atoms with van der Waals surface area (Å²) in [5.74, 6) is -1.09. The molecule has 1 amide bonds. The number of carboxylic acid groups (broad SMARTS) is 1. The monoisotopic (exact) mass is 195 g/mol. The Morgan fingerprint density at radius 3 is 2.93 bits per heavy atom. The maximum atomic E-state index is 10.6. The minimum Gasteiger partial charge on any atom is -0.480 e. The van der Waals surface area contributed by atoms with Gasteiger partial charge in [-0.3, -0.25) is 14.8 Å². The molecule has 1 aromatic rings. The van der Waals surface area contributed by atoms with E-state index in [1.54, 1.807) is 0 Å². The highest BCUT2D eigenvalue weighted by Crippen LogP contribution is 1.97. The number of carboxylic acids is 1.